The number of hydrogen-bond donors (Lipinski definition) is 1. The van der Waals surface area contributed by atoms with Crippen LogP contribution in [0.3, 0.4) is 0 Å². The van der Waals surface area contributed by atoms with Crippen molar-refractivity contribution in [3.8, 4) is 0 Å². The molecule has 0 atom stereocenters. The first-order valence-electron chi connectivity index (χ1n) is 6.56. The molecule has 4 heteroatoms. The maximum atomic E-state index is 12.2. The van der Waals surface area contributed by atoms with Crippen molar-refractivity contribution in [3.05, 3.63) is 33.7 Å². The normalized spacial score (nSPS) is 17.4. The van der Waals surface area contributed by atoms with Gasteiger partial charge in [0.25, 0.3) is 5.56 Å². The van der Waals surface area contributed by atoms with E-state index in [2.05, 4.69) is 0 Å². The van der Waals surface area contributed by atoms with E-state index in [4.69, 9.17) is 5.11 Å². The lowest BCUT2D eigenvalue weighted by molar-refractivity contribution is 0.0693. The first kappa shape index (κ1) is 12.9. The van der Waals surface area contributed by atoms with E-state index in [0.717, 1.165) is 25.7 Å². The van der Waals surface area contributed by atoms with E-state index in [1.54, 1.807) is 23.8 Å². The third-order valence-electron chi connectivity index (χ3n) is 3.76. The minimum atomic E-state index is -1.12. The Hall–Kier alpha value is -1.58. The Morgan fingerprint density at radius 1 is 1.28 bits per heavy atom. The third-order valence-corrected chi connectivity index (χ3v) is 3.76. The number of rotatable bonds is 2. The fraction of sp³-hybridized carbons (Fsp3) is 0.571. The maximum Gasteiger partial charge on any atom is 0.341 e. The molecule has 0 aromatic carbocycles. The van der Waals surface area contributed by atoms with Gasteiger partial charge in [-0.3, -0.25) is 4.79 Å². The summed E-state index contributed by atoms with van der Waals surface area (Å²) in [6, 6.07) is 1.90. The Morgan fingerprint density at radius 2 is 1.89 bits per heavy atom. The van der Waals surface area contributed by atoms with Crippen molar-refractivity contribution in [1.29, 1.82) is 0 Å². The van der Waals surface area contributed by atoms with E-state index in [-0.39, 0.29) is 17.2 Å². The number of pyridine rings is 1. The molecule has 4 nitrogen and oxygen atoms in total. The van der Waals surface area contributed by atoms with Gasteiger partial charge in [0, 0.05) is 12.2 Å². The highest BCUT2D eigenvalue weighted by atomic mass is 16.4. The SMILES string of the molecule is Cc1ccn(C2CCCCCC2)c(=O)c1C(=O)O. The Kier molecular flexibility index (Phi) is 3.84. The highest BCUT2D eigenvalue weighted by Gasteiger charge is 2.20. The molecule has 0 saturated heterocycles. The molecular weight excluding hydrogens is 230 g/mol. The fourth-order valence-electron chi connectivity index (χ4n) is 2.72. The molecule has 0 amide bonds. The van der Waals surface area contributed by atoms with Crippen LogP contribution in [0.4, 0.5) is 0 Å². The second kappa shape index (κ2) is 5.38. The Labute approximate surface area is 106 Å². The van der Waals surface area contributed by atoms with Gasteiger partial charge in [-0.05, 0) is 31.4 Å². The zero-order valence-corrected chi connectivity index (χ0v) is 10.7. The minimum absolute atomic E-state index is 0.0817. The standard InChI is InChI=1S/C14H19NO3/c1-10-8-9-15(13(16)12(10)14(17)18)11-6-4-2-3-5-7-11/h8-9,11H,2-7H2,1H3,(H,17,18). The lowest BCUT2D eigenvalue weighted by Gasteiger charge is -2.18. The van der Waals surface area contributed by atoms with E-state index >= 15 is 0 Å². The molecule has 1 N–H and O–H groups in total. The molecule has 2 rings (SSSR count). The van der Waals surface area contributed by atoms with Gasteiger partial charge in [-0.25, -0.2) is 4.79 Å². The second-order valence-electron chi connectivity index (χ2n) is 5.04. The first-order valence-corrected chi connectivity index (χ1v) is 6.56. The summed E-state index contributed by atoms with van der Waals surface area (Å²) in [5.41, 5.74) is 0.105. The molecule has 0 aliphatic heterocycles. The van der Waals surface area contributed by atoms with Gasteiger partial charge in [-0.2, -0.15) is 0 Å². The van der Waals surface area contributed by atoms with Crippen LogP contribution < -0.4 is 5.56 Å². The predicted molar refractivity (Wildman–Crippen MR) is 69.1 cm³/mol. The summed E-state index contributed by atoms with van der Waals surface area (Å²) in [4.78, 5) is 23.4. The van der Waals surface area contributed by atoms with E-state index in [1.165, 1.54) is 12.8 Å². The molecular formula is C14H19NO3. The van der Waals surface area contributed by atoms with Crippen LogP contribution in [-0.4, -0.2) is 15.6 Å². The smallest absolute Gasteiger partial charge is 0.341 e. The number of nitrogens with zero attached hydrogens (tertiary/aromatic N) is 1. The third kappa shape index (κ3) is 2.47. The average molecular weight is 249 g/mol. The molecule has 1 heterocycles. The fourth-order valence-corrected chi connectivity index (χ4v) is 2.72. The summed E-state index contributed by atoms with van der Waals surface area (Å²) in [5, 5.41) is 9.11. The number of hydrogen-bond acceptors (Lipinski definition) is 2. The lowest BCUT2D eigenvalue weighted by atomic mass is 10.1. The average Bonchev–Trinajstić information content (AvgIpc) is 2.57. The van der Waals surface area contributed by atoms with Crippen LogP contribution in [0.15, 0.2) is 17.1 Å². The molecule has 1 aromatic heterocycles. The topological polar surface area (TPSA) is 59.3 Å². The van der Waals surface area contributed by atoms with Crippen molar-refractivity contribution in [3.63, 3.8) is 0 Å². The van der Waals surface area contributed by atoms with Crippen molar-refractivity contribution in [2.45, 2.75) is 51.5 Å². The van der Waals surface area contributed by atoms with Crippen LogP contribution in [0.1, 0.15) is 60.5 Å². The molecule has 1 aliphatic rings. The van der Waals surface area contributed by atoms with Gasteiger partial charge in [0.05, 0.1) is 0 Å². The van der Waals surface area contributed by atoms with Crippen LogP contribution in [0.5, 0.6) is 0 Å². The van der Waals surface area contributed by atoms with Crippen LogP contribution in [-0.2, 0) is 0 Å². The molecule has 1 saturated carbocycles. The molecule has 1 aliphatic carbocycles. The zero-order valence-electron chi connectivity index (χ0n) is 10.7. The number of aromatic carboxylic acids is 1. The number of carboxylic acid groups (broad SMARTS) is 1. The van der Waals surface area contributed by atoms with Gasteiger partial charge in [-0.1, -0.05) is 25.7 Å². The van der Waals surface area contributed by atoms with Gasteiger partial charge in [0.2, 0.25) is 0 Å². The monoisotopic (exact) mass is 249 g/mol. The van der Waals surface area contributed by atoms with Crippen molar-refractivity contribution in [2.24, 2.45) is 0 Å². The van der Waals surface area contributed by atoms with E-state index in [0.29, 0.717) is 5.56 Å². The highest BCUT2D eigenvalue weighted by molar-refractivity contribution is 5.88. The number of aryl methyl sites for hydroxylation is 1. The summed E-state index contributed by atoms with van der Waals surface area (Å²) in [6.07, 6.45) is 8.36. The molecule has 0 spiro atoms. The molecule has 1 fully saturated rings. The minimum Gasteiger partial charge on any atom is -0.477 e. The van der Waals surface area contributed by atoms with Crippen LogP contribution in [0.25, 0.3) is 0 Å². The first-order chi connectivity index (χ1) is 8.61. The molecule has 1 aromatic rings. The van der Waals surface area contributed by atoms with Gasteiger partial charge in [-0.15, -0.1) is 0 Å². The second-order valence-corrected chi connectivity index (χ2v) is 5.04. The van der Waals surface area contributed by atoms with Gasteiger partial charge >= 0.3 is 5.97 Å². The summed E-state index contributed by atoms with van der Waals surface area (Å²) >= 11 is 0. The van der Waals surface area contributed by atoms with Crippen LogP contribution in [0.2, 0.25) is 0 Å². The quantitative estimate of drug-likeness (QED) is 0.820. The summed E-state index contributed by atoms with van der Waals surface area (Å²) < 4.78 is 1.63. The lowest BCUT2D eigenvalue weighted by Crippen LogP contribution is -2.30. The van der Waals surface area contributed by atoms with Gasteiger partial charge in [0.1, 0.15) is 5.56 Å². The van der Waals surface area contributed by atoms with Gasteiger partial charge in [0.15, 0.2) is 0 Å². The van der Waals surface area contributed by atoms with Crippen molar-refractivity contribution in [1.82, 2.24) is 4.57 Å². The van der Waals surface area contributed by atoms with Crippen LogP contribution >= 0.6 is 0 Å². The predicted octanol–water partition coefficient (Wildman–Crippen LogP) is 2.75. The molecule has 98 valence electrons. The summed E-state index contributed by atoms with van der Waals surface area (Å²) in [5.74, 6) is -1.12. The number of carboxylic acids is 1. The number of aromatic nitrogens is 1. The van der Waals surface area contributed by atoms with Crippen molar-refractivity contribution >= 4 is 5.97 Å². The number of carbonyl (C=O) groups is 1. The largest absolute Gasteiger partial charge is 0.477 e. The van der Waals surface area contributed by atoms with Crippen LogP contribution in [0, 0.1) is 6.92 Å². The molecule has 0 bridgehead atoms. The van der Waals surface area contributed by atoms with E-state index in [1.807, 2.05) is 0 Å². The molecule has 0 radical (unpaired) electrons. The molecule has 0 unspecified atom stereocenters. The Morgan fingerprint density at radius 3 is 2.44 bits per heavy atom. The van der Waals surface area contributed by atoms with Crippen molar-refractivity contribution in [2.75, 3.05) is 0 Å². The summed E-state index contributed by atoms with van der Waals surface area (Å²) in [7, 11) is 0. The highest BCUT2D eigenvalue weighted by Crippen LogP contribution is 2.26. The maximum absolute atomic E-state index is 12.2. The van der Waals surface area contributed by atoms with Gasteiger partial charge < -0.3 is 9.67 Å². The Bertz CT molecular complexity index is 496. The summed E-state index contributed by atoms with van der Waals surface area (Å²) in [6.45, 7) is 1.67. The molecule has 18 heavy (non-hydrogen) atoms. The van der Waals surface area contributed by atoms with E-state index in [9.17, 15) is 9.59 Å². The Balaban J connectivity index is 2.42. The van der Waals surface area contributed by atoms with E-state index < -0.39 is 5.97 Å². The van der Waals surface area contributed by atoms with Crippen molar-refractivity contribution < 1.29 is 9.90 Å². The zero-order chi connectivity index (χ0) is 13.1.